The lowest BCUT2D eigenvalue weighted by Gasteiger charge is -2.18. The summed E-state index contributed by atoms with van der Waals surface area (Å²) in [4.78, 5) is 0. The molecule has 0 atom stereocenters. The van der Waals surface area contributed by atoms with E-state index in [0.717, 1.165) is 25.1 Å². The topological polar surface area (TPSA) is 29.9 Å². The number of para-hydroxylation sites is 1. The number of hydrogen-bond acceptors (Lipinski definition) is 2. The highest BCUT2D eigenvalue weighted by Crippen LogP contribution is 2.34. The van der Waals surface area contributed by atoms with Gasteiger partial charge < -0.3 is 5.32 Å². The normalized spacial score (nSPS) is 13.5. The number of anilines is 1. The lowest BCUT2D eigenvalue weighted by atomic mass is 9.86. The van der Waals surface area contributed by atoms with Crippen LogP contribution in [0.3, 0.4) is 0 Å². The Kier molecular flexibility index (Phi) is 5.57. The fourth-order valence-electron chi connectivity index (χ4n) is 4.71. The summed E-state index contributed by atoms with van der Waals surface area (Å²) in [5, 5.41) is 8.90. The third-order valence-corrected chi connectivity index (χ3v) is 6.36. The van der Waals surface area contributed by atoms with Crippen molar-refractivity contribution in [1.29, 1.82) is 0 Å². The summed E-state index contributed by atoms with van der Waals surface area (Å²) in [5.74, 6) is 1.47. The highest BCUT2D eigenvalue weighted by atomic mass is 15.3. The predicted molar refractivity (Wildman–Crippen MR) is 128 cm³/mol. The number of fused-ring (bicyclic) bond motifs is 1. The first-order chi connectivity index (χ1) is 15.3. The molecule has 1 aromatic heterocycles. The molecule has 2 heterocycles. The summed E-state index contributed by atoms with van der Waals surface area (Å²) >= 11 is 0. The lowest BCUT2D eigenvalue weighted by molar-refractivity contribution is 0.726. The van der Waals surface area contributed by atoms with Gasteiger partial charge in [-0.1, -0.05) is 78.9 Å². The van der Waals surface area contributed by atoms with Gasteiger partial charge in [-0.15, -0.1) is 0 Å². The fraction of sp³-hybridized carbons (Fsp3) is 0.250. The number of nitrogens with one attached hydrogen (secondary N) is 1. The highest BCUT2D eigenvalue weighted by Gasteiger charge is 2.24. The molecular weight excluding hydrogens is 378 g/mol. The summed E-state index contributed by atoms with van der Waals surface area (Å²) in [6.07, 6.45) is 4.38. The van der Waals surface area contributed by atoms with Gasteiger partial charge in [-0.05, 0) is 48.9 Å². The molecular formula is C28H29N3. The average Bonchev–Trinajstić information content (AvgIpc) is 2.98. The van der Waals surface area contributed by atoms with Gasteiger partial charge in [-0.3, -0.25) is 0 Å². The van der Waals surface area contributed by atoms with Gasteiger partial charge in [0.05, 0.1) is 11.4 Å². The molecule has 1 aliphatic heterocycles. The van der Waals surface area contributed by atoms with Crippen molar-refractivity contribution in [1.82, 2.24) is 9.78 Å². The molecule has 0 aliphatic carbocycles. The van der Waals surface area contributed by atoms with Crippen LogP contribution in [0, 0.1) is 6.92 Å². The number of rotatable bonds is 5. The molecule has 1 N–H and O–H groups in total. The Morgan fingerprint density at radius 3 is 2.16 bits per heavy atom. The second-order valence-electron chi connectivity index (χ2n) is 8.43. The van der Waals surface area contributed by atoms with Gasteiger partial charge in [0.15, 0.2) is 0 Å². The summed E-state index contributed by atoms with van der Waals surface area (Å²) in [5.41, 5.74) is 7.69. The third kappa shape index (κ3) is 4.00. The van der Waals surface area contributed by atoms with Crippen molar-refractivity contribution >= 4 is 5.82 Å². The highest BCUT2D eigenvalue weighted by molar-refractivity contribution is 5.56. The Labute approximate surface area is 184 Å². The minimum absolute atomic E-state index is 0.287. The van der Waals surface area contributed by atoms with Crippen LogP contribution in [0.5, 0.6) is 0 Å². The molecule has 0 radical (unpaired) electrons. The van der Waals surface area contributed by atoms with Crippen LogP contribution in [-0.2, 0) is 12.8 Å². The number of benzene rings is 3. The third-order valence-electron chi connectivity index (χ3n) is 6.36. The summed E-state index contributed by atoms with van der Waals surface area (Å²) in [6.45, 7) is 3.17. The van der Waals surface area contributed by atoms with Crippen molar-refractivity contribution in [2.24, 2.45) is 0 Å². The van der Waals surface area contributed by atoms with Crippen LogP contribution in [0.4, 0.5) is 5.82 Å². The zero-order valence-electron chi connectivity index (χ0n) is 18.1. The minimum atomic E-state index is 0.287. The maximum atomic E-state index is 5.21. The van der Waals surface area contributed by atoms with E-state index in [4.69, 9.17) is 5.10 Å². The van der Waals surface area contributed by atoms with Gasteiger partial charge in [0.1, 0.15) is 5.82 Å². The van der Waals surface area contributed by atoms with Crippen molar-refractivity contribution < 1.29 is 0 Å². The van der Waals surface area contributed by atoms with E-state index < -0.39 is 0 Å². The van der Waals surface area contributed by atoms with E-state index in [2.05, 4.69) is 102 Å². The van der Waals surface area contributed by atoms with E-state index in [-0.39, 0.29) is 5.92 Å². The quantitative estimate of drug-likeness (QED) is 0.420. The Morgan fingerprint density at radius 2 is 1.48 bits per heavy atom. The summed E-state index contributed by atoms with van der Waals surface area (Å²) in [7, 11) is 0. The standard InChI is InChI=1S/C28H29N3/c1-21-12-8-9-18-27(21)31-28-24(17-10-11-19-29-28)26(30-31)20-25(22-13-4-2-5-14-22)23-15-6-3-7-16-23/h2-9,12-16,18,25,29H,10-11,17,19-20H2,1H3. The number of aryl methyl sites for hydroxylation is 1. The predicted octanol–water partition coefficient (Wildman–Crippen LogP) is 6.30. The van der Waals surface area contributed by atoms with Crippen LogP contribution >= 0.6 is 0 Å². The largest absolute Gasteiger partial charge is 0.370 e. The number of nitrogens with zero attached hydrogens (tertiary/aromatic N) is 2. The first-order valence-electron chi connectivity index (χ1n) is 11.3. The Morgan fingerprint density at radius 1 is 0.839 bits per heavy atom. The van der Waals surface area contributed by atoms with Crippen molar-refractivity contribution in [2.45, 2.75) is 38.5 Å². The average molecular weight is 408 g/mol. The smallest absolute Gasteiger partial charge is 0.133 e. The maximum Gasteiger partial charge on any atom is 0.133 e. The maximum absolute atomic E-state index is 5.21. The second-order valence-corrected chi connectivity index (χ2v) is 8.43. The van der Waals surface area contributed by atoms with Gasteiger partial charge in [0.2, 0.25) is 0 Å². The van der Waals surface area contributed by atoms with Crippen molar-refractivity contribution in [3.8, 4) is 5.69 Å². The molecule has 0 bridgehead atoms. The molecule has 5 rings (SSSR count). The fourth-order valence-corrected chi connectivity index (χ4v) is 4.71. The molecule has 156 valence electrons. The number of hydrogen-bond donors (Lipinski definition) is 1. The molecule has 0 spiro atoms. The SMILES string of the molecule is Cc1ccccc1-n1nc(CC(c2ccccc2)c2ccccc2)c2c1NCCCC2. The first-order valence-corrected chi connectivity index (χ1v) is 11.3. The van der Waals surface area contributed by atoms with Crippen LogP contribution in [0.1, 0.15) is 46.7 Å². The second kappa shape index (κ2) is 8.81. The van der Waals surface area contributed by atoms with Crippen LogP contribution < -0.4 is 5.32 Å². The zero-order valence-corrected chi connectivity index (χ0v) is 18.1. The van der Waals surface area contributed by atoms with Crippen LogP contribution in [0.25, 0.3) is 5.69 Å². The Balaban J connectivity index is 1.61. The molecule has 0 amide bonds. The van der Waals surface area contributed by atoms with E-state index in [1.807, 2.05) is 0 Å². The summed E-state index contributed by atoms with van der Waals surface area (Å²) in [6, 6.07) is 30.2. The van der Waals surface area contributed by atoms with Gasteiger partial charge in [-0.25, -0.2) is 4.68 Å². The molecule has 0 saturated carbocycles. The summed E-state index contributed by atoms with van der Waals surface area (Å²) < 4.78 is 2.15. The van der Waals surface area contributed by atoms with Gasteiger partial charge in [0, 0.05) is 24.4 Å². The minimum Gasteiger partial charge on any atom is -0.370 e. The molecule has 31 heavy (non-hydrogen) atoms. The molecule has 1 aliphatic rings. The van der Waals surface area contributed by atoms with Crippen LogP contribution in [0.2, 0.25) is 0 Å². The lowest BCUT2D eigenvalue weighted by Crippen LogP contribution is -2.09. The van der Waals surface area contributed by atoms with Crippen LogP contribution in [0.15, 0.2) is 84.9 Å². The van der Waals surface area contributed by atoms with E-state index in [1.54, 1.807) is 0 Å². The van der Waals surface area contributed by atoms with E-state index in [1.165, 1.54) is 46.6 Å². The molecule has 3 aromatic carbocycles. The van der Waals surface area contributed by atoms with E-state index in [9.17, 15) is 0 Å². The Bertz CT molecular complexity index is 1110. The molecule has 3 heteroatoms. The van der Waals surface area contributed by atoms with Gasteiger partial charge >= 0.3 is 0 Å². The number of aromatic nitrogens is 2. The van der Waals surface area contributed by atoms with Crippen molar-refractivity contribution in [3.63, 3.8) is 0 Å². The van der Waals surface area contributed by atoms with Crippen LogP contribution in [-0.4, -0.2) is 16.3 Å². The van der Waals surface area contributed by atoms with Gasteiger partial charge in [0.25, 0.3) is 0 Å². The zero-order chi connectivity index (χ0) is 21.0. The van der Waals surface area contributed by atoms with Gasteiger partial charge in [-0.2, -0.15) is 5.10 Å². The van der Waals surface area contributed by atoms with Crippen molar-refractivity contribution in [3.05, 3.63) is 113 Å². The van der Waals surface area contributed by atoms with E-state index in [0.29, 0.717) is 0 Å². The molecule has 0 fully saturated rings. The molecule has 0 unspecified atom stereocenters. The monoisotopic (exact) mass is 407 g/mol. The first kappa shape index (κ1) is 19.6. The molecule has 4 aromatic rings. The van der Waals surface area contributed by atoms with E-state index >= 15 is 0 Å². The Hall–Kier alpha value is -3.33. The molecule has 3 nitrogen and oxygen atoms in total. The van der Waals surface area contributed by atoms with Crippen molar-refractivity contribution in [2.75, 3.05) is 11.9 Å². The molecule has 0 saturated heterocycles.